The fourth-order valence-corrected chi connectivity index (χ4v) is 6.11. The van der Waals surface area contributed by atoms with Crippen LogP contribution in [0.3, 0.4) is 0 Å². The second-order valence-corrected chi connectivity index (χ2v) is 11.2. The second-order valence-electron chi connectivity index (χ2n) is 10.8. The molecule has 3 aromatic heterocycles. The number of piperidine rings is 1. The highest BCUT2D eigenvalue weighted by atomic mass is 35.5. The van der Waals surface area contributed by atoms with E-state index in [-0.39, 0.29) is 5.56 Å². The Balaban J connectivity index is 1.41. The molecule has 4 aromatic rings. The largest absolute Gasteiger partial charge is 0.351 e. The van der Waals surface area contributed by atoms with Gasteiger partial charge in [-0.2, -0.15) is 9.97 Å². The molecule has 1 saturated carbocycles. The molecule has 10 heteroatoms. The van der Waals surface area contributed by atoms with Gasteiger partial charge in [0, 0.05) is 52.8 Å². The molecular weight excluding hydrogens is 514 g/mol. The molecule has 0 radical (unpaired) electrons. The number of rotatable bonds is 6. The lowest BCUT2D eigenvalue weighted by molar-refractivity contribution is 0.337. The van der Waals surface area contributed by atoms with Crippen molar-refractivity contribution in [3.05, 3.63) is 51.7 Å². The fourth-order valence-electron chi connectivity index (χ4n) is 5.82. The lowest BCUT2D eigenvalue weighted by atomic mass is 9.99. The summed E-state index contributed by atoms with van der Waals surface area (Å²) in [7, 11) is 0. The molecule has 1 aliphatic heterocycles. The number of aromatic nitrogens is 5. The first kappa shape index (κ1) is 26.0. The third-order valence-corrected chi connectivity index (χ3v) is 8.21. The molecule has 2 fully saturated rings. The number of hydrogen-bond donors (Lipinski definition) is 2. The van der Waals surface area contributed by atoms with Gasteiger partial charge >= 0.3 is 0 Å². The van der Waals surface area contributed by atoms with Gasteiger partial charge in [-0.25, -0.2) is 4.98 Å². The number of hydrogen-bond acceptors (Lipinski definition) is 8. The lowest BCUT2D eigenvalue weighted by Gasteiger charge is -2.24. The summed E-state index contributed by atoms with van der Waals surface area (Å²) in [5.74, 6) is 1.88. The summed E-state index contributed by atoms with van der Waals surface area (Å²) in [4.78, 5) is 27.9. The van der Waals surface area contributed by atoms with Gasteiger partial charge in [-0.3, -0.25) is 9.36 Å². The van der Waals surface area contributed by atoms with Crippen molar-refractivity contribution >= 4 is 28.6 Å². The topological polar surface area (TPSA) is 111 Å². The van der Waals surface area contributed by atoms with Crippen molar-refractivity contribution in [2.24, 2.45) is 5.92 Å². The summed E-state index contributed by atoms with van der Waals surface area (Å²) in [6, 6.07) is 7.72. The lowest BCUT2D eigenvalue weighted by Crippen LogP contribution is -2.35. The predicted octanol–water partition coefficient (Wildman–Crippen LogP) is 5.60. The molecule has 1 aliphatic carbocycles. The number of fused-ring (bicyclic) bond motifs is 1. The van der Waals surface area contributed by atoms with Crippen LogP contribution in [-0.4, -0.2) is 43.8 Å². The third-order valence-electron chi connectivity index (χ3n) is 7.90. The Morgan fingerprint density at radius 3 is 2.64 bits per heavy atom. The van der Waals surface area contributed by atoms with Crippen LogP contribution in [-0.2, 0) is 6.54 Å². The van der Waals surface area contributed by atoms with Gasteiger partial charge in [-0.05, 0) is 56.8 Å². The number of benzene rings is 1. The van der Waals surface area contributed by atoms with Crippen molar-refractivity contribution in [3.8, 4) is 22.5 Å². The summed E-state index contributed by atoms with van der Waals surface area (Å²) in [6.45, 7) is 4.24. The van der Waals surface area contributed by atoms with Gasteiger partial charge in [-0.15, -0.1) is 0 Å². The molecule has 1 aromatic carbocycles. The predicted molar refractivity (Wildman–Crippen MR) is 153 cm³/mol. The van der Waals surface area contributed by atoms with Crippen molar-refractivity contribution < 1.29 is 4.52 Å². The Morgan fingerprint density at radius 2 is 1.92 bits per heavy atom. The van der Waals surface area contributed by atoms with Crippen LogP contribution < -0.4 is 16.2 Å². The van der Waals surface area contributed by atoms with Crippen molar-refractivity contribution in [1.82, 2.24) is 30.0 Å². The maximum absolute atomic E-state index is 14.1. The highest BCUT2D eigenvalue weighted by Gasteiger charge is 2.21. The van der Waals surface area contributed by atoms with E-state index < -0.39 is 0 Å². The molecule has 2 aliphatic rings. The second kappa shape index (κ2) is 11.4. The van der Waals surface area contributed by atoms with Gasteiger partial charge in [0.05, 0.1) is 0 Å². The third kappa shape index (κ3) is 5.70. The normalized spacial score (nSPS) is 18.8. The zero-order valence-electron chi connectivity index (χ0n) is 22.3. The van der Waals surface area contributed by atoms with Crippen LogP contribution in [0.15, 0.2) is 39.8 Å². The van der Waals surface area contributed by atoms with Crippen LogP contribution in [0.2, 0.25) is 5.02 Å². The Kier molecular flexibility index (Phi) is 7.61. The molecule has 4 heterocycles. The minimum atomic E-state index is -0.0998. The molecule has 1 saturated heterocycles. The number of anilines is 1. The molecule has 39 heavy (non-hydrogen) atoms. The van der Waals surface area contributed by atoms with Gasteiger partial charge in [0.1, 0.15) is 5.65 Å². The summed E-state index contributed by atoms with van der Waals surface area (Å²) >= 11 is 6.75. The van der Waals surface area contributed by atoms with Gasteiger partial charge in [0.2, 0.25) is 17.7 Å². The maximum atomic E-state index is 14.1. The Morgan fingerprint density at radius 1 is 1.08 bits per heavy atom. The van der Waals surface area contributed by atoms with Gasteiger partial charge in [-0.1, -0.05) is 54.6 Å². The molecule has 0 bridgehead atoms. The van der Waals surface area contributed by atoms with Crippen molar-refractivity contribution in [2.75, 3.05) is 18.4 Å². The molecule has 0 spiro atoms. The molecular formula is C29H34ClN7O2. The average Bonchev–Trinajstić information content (AvgIpc) is 3.22. The first-order chi connectivity index (χ1) is 19.0. The minimum Gasteiger partial charge on any atom is -0.351 e. The highest BCUT2D eigenvalue weighted by Crippen LogP contribution is 2.32. The quantitative estimate of drug-likeness (QED) is 0.300. The van der Waals surface area contributed by atoms with E-state index in [1.54, 1.807) is 13.0 Å². The highest BCUT2D eigenvalue weighted by molar-refractivity contribution is 6.33. The van der Waals surface area contributed by atoms with E-state index >= 15 is 0 Å². The Bertz CT molecular complexity index is 1520. The average molecular weight is 548 g/mol. The van der Waals surface area contributed by atoms with Crippen molar-refractivity contribution in [3.63, 3.8) is 0 Å². The van der Waals surface area contributed by atoms with E-state index in [0.29, 0.717) is 58.0 Å². The molecule has 6 rings (SSSR count). The first-order valence-corrected chi connectivity index (χ1v) is 14.4. The Hall–Kier alpha value is -3.30. The standard InChI is InChI=1S/C29H34ClN7O2/c1-18-33-26(36-39-18)20-10-11-23(25(30)14-20)24-13-21-16-32-29(34-22-8-4-2-3-5-9-22)35-27(21)37(28(24)38)17-19-7-6-12-31-15-19/h10-11,13-14,16,19,22,31H,2-9,12,15,17H2,1H3,(H,32,34,35). The number of halogens is 1. The summed E-state index contributed by atoms with van der Waals surface area (Å²) in [5, 5.41) is 12.3. The summed E-state index contributed by atoms with van der Waals surface area (Å²) in [5.41, 5.74) is 2.48. The number of pyridine rings is 1. The van der Waals surface area contributed by atoms with Gasteiger partial charge in [0.25, 0.3) is 5.56 Å². The van der Waals surface area contributed by atoms with Crippen LogP contribution in [0.25, 0.3) is 33.5 Å². The fraction of sp³-hybridized carbons (Fsp3) is 0.483. The van der Waals surface area contributed by atoms with E-state index in [1.165, 1.54) is 25.7 Å². The molecule has 9 nitrogen and oxygen atoms in total. The van der Waals surface area contributed by atoms with Crippen LogP contribution >= 0.6 is 11.6 Å². The SMILES string of the molecule is Cc1nc(-c2ccc(-c3cc4cnc(NC5CCCCCC5)nc4n(CC4CCCNC4)c3=O)c(Cl)c2)no1. The number of nitrogens with one attached hydrogen (secondary N) is 2. The van der Waals surface area contributed by atoms with Gasteiger partial charge < -0.3 is 15.2 Å². The van der Waals surface area contributed by atoms with Crippen molar-refractivity contribution in [1.29, 1.82) is 0 Å². The van der Waals surface area contributed by atoms with E-state index in [9.17, 15) is 4.79 Å². The smallest absolute Gasteiger partial charge is 0.260 e. The van der Waals surface area contributed by atoms with Crippen molar-refractivity contribution in [2.45, 2.75) is 70.9 Å². The number of nitrogens with zero attached hydrogens (tertiary/aromatic N) is 5. The molecule has 204 valence electrons. The van der Waals surface area contributed by atoms with E-state index in [0.717, 1.165) is 49.7 Å². The van der Waals surface area contributed by atoms with Crippen LogP contribution in [0.5, 0.6) is 0 Å². The Labute approximate surface area is 232 Å². The van der Waals surface area contributed by atoms with E-state index in [4.69, 9.17) is 21.1 Å². The van der Waals surface area contributed by atoms with Gasteiger partial charge in [0.15, 0.2) is 0 Å². The van der Waals surface area contributed by atoms with E-state index in [1.807, 2.05) is 29.0 Å². The minimum absolute atomic E-state index is 0.0998. The van der Waals surface area contributed by atoms with Crippen LogP contribution in [0, 0.1) is 12.8 Å². The molecule has 2 N–H and O–H groups in total. The molecule has 1 atom stereocenters. The van der Waals surface area contributed by atoms with E-state index in [2.05, 4.69) is 25.8 Å². The van der Waals surface area contributed by atoms with Crippen LogP contribution in [0.1, 0.15) is 57.3 Å². The zero-order valence-corrected chi connectivity index (χ0v) is 23.0. The summed E-state index contributed by atoms with van der Waals surface area (Å²) < 4.78 is 6.94. The zero-order chi connectivity index (χ0) is 26.8. The maximum Gasteiger partial charge on any atom is 0.260 e. The number of aryl methyl sites for hydroxylation is 1. The molecule has 0 amide bonds. The molecule has 1 unspecified atom stereocenters. The first-order valence-electron chi connectivity index (χ1n) is 14.0. The monoisotopic (exact) mass is 547 g/mol. The van der Waals surface area contributed by atoms with Crippen LogP contribution in [0.4, 0.5) is 5.95 Å². The summed E-state index contributed by atoms with van der Waals surface area (Å²) in [6.07, 6.45) is 11.3.